The molecule has 2 aromatic rings. The molecule has 3 atom stereocenters. The van der Waals surface area contributed by atoms with E-state index >= 15 is 0 Å². The van der Waals surface area contributed by atoms with E-state index in [2.05, 4.69) is 46.5 Å². The van der Waals surface area contributed by atoms with Gasteiger partial charge in [0.1, 0.15) is 5.82 Å². The quantitative estimate of drug-likeness (QED) is 0.573. The monoisotopic (exact) mass is 467 g/mol. The third-order valence-electron chi connectivity index (χ3n) is 7.03. The number of nitrogens with zero attached hydrogens (tertiary/aromatic N) is 4. The molecule has 184 valence electrons. The normalized spacial score (nSPS) is 21.6. The van der Waals surface area contributed by atoms with Crippen LogP contribution in [0.25, 0.3) is 5.69 Å². The summed E-state index contributed by atoms with van der Waals surface area (Å²) >= 11 is 0. The summed E-state index contributed by atoms with van der Waals surface area (Å²) in [4.78, 5) is 33.3. The first-order valence-electron chi connectivity index (χ1n) is 12.4. The first-order chi connectivity index (χ1) is 16.4. The summed E-state index contributed by atoms with van der Waals surface area (Å²) in [6, 6.07) is 10.8. The number of urea groups is 1. The maximum atomic E-state index is 12.6. The van der Waals surface area contributed by atoms with Gasteiger partial charge in [0.05, 0.1) is 5.69 Å². The van der Waals surface area contributed by atoms with E-state index < -0.39 is 5.69 Å². The summed E-state index contributed by atoms with van der Waals surface area (Å²) in [5.41, 5.74) is 7.70. The Bertz CT molecular complexity index is 1020. The van der Waals surface area contributed by atoms with Crippen LogP contribution in [0.4, 0.5) is 10.6 Å². The largest absolute Gasteiger partial charge is 0.354 e. The van der Waals surface area contributed by atoms with E-state index in [0.29, 0.717) is 31.2 Å². The molecule has 4 N–H and O–H groups in total. The van der Waals surface area contributed by atoms with Gasteiger partial charge in [-0.3, -0.25) is 14.8 Å². The predicted molar refractivity (Wildman–Crippen MR) is 134 cm³/mol. The highest BCUT2D eigenvalue weighted by molar-refractivity contribution is 5.88. The van der Waals surface area contributed by atoms with E-state index in [-0.39, 0.29) is 11.8 Å². The van der Waals surface area contributed by atoms with Crippen molar-refractivity contribution in [3.05, 3.63) is 52.6 Å². The van der Waals surface area contributed by atoms with Crippen LogP contribution in [-0.4, -0.2) is 76.2 Å². The summed E-state index contributed by atoms with van der Waals surface area (Å²) in [5, 5.41) is 5.93. The van der Waals surface area contributed by atoms with E-state index in [1.54, 1.807) is 17.2 Å². The molecule has 4 rings (SSSR count). The number of nitrogens with one attached hydrogen (secondary N) is 2. The minimum absolute atomic E-state index is 0.231. The molecule has 2 amide bonds. The number of carbonyl (C=O) groups is 1. The first kappa shape index (κ1) is 24.4. The Morgan fingerprint density at radius 2 is 1.97 bits per heavy atom. The van der Waals surface area contributed by atoms with Gasteiger partial charge in [-0.1, -0.05) is 19.1 Å². The summed E-state index contributed by atoms with van der Waals surface area (Å²) in [5.74, 6) is 0.265. The molecular weight excluding hydrogens is 430 g/mol. The van der Waals surface area contributed by atoms with Gasteiger partial charge in [0, 0.05) is 50.5 Å². The fourth-order valence-corrected chi connectivity index (χ4v) is 5.20. The van der Waals surface area contributed by atoms with E-state index in [9.17, 15) is 9.59 Å². The fraction of sp³-hybridized carbons (Fsp3) is 0.560. The van der Waals surface area contributed by atoms with Crippen LogP contribution in [0.2, 0.25) is 0 Å². The number of aromatic nitrogens is 2. The van der Waals surface area contributed by atoms with Crippen molar-refractivity contribution in [1.29, 1.82) is 0 Å². The van der Waals surface area contributed by atoms with Gasteiger partial charge in [-0.15, -0.1) is 0 Å². The third kappa shape index (κ3) is 5.84. The third-order valence-corrected chi connectivity index (χ3v) is 7.03. The lowest BCUT2D eigenvalue weighted by atomic mass is 10.0. The van der Waals surface area contributed by atoms with Gasteiger partial charge in [-0.25, -0.2) is 9.59 Å². The number of piperazine rings is 1. The summed E-state index contributed by atoms with van der Waals surface area (Å²) in [6.07, 6.45) is 5.98. The van der Waals surface area contributed by atoms with Gasteiger partial charge in [0.2, 0.25) is 0 Å². The highest BCUT2D eigenvalue weighted by Gasteiger charge is 2.29. The van der Waals surface area contributed by atoms with E-state index in [4.69, 9.17) is 5.73 Å². The smallest absolute Gasteiger partial charge is 0.328 e. The molecule has 0 spiro atoms. The Morgan fingerprint density at radius 1 is 1.24 bits per heavy atom. The Balaban J connectivity index is 1.38. The lowest BCUT2D eigenvalue weighted by Gasteiger charge is -2.33. The average Bonchev–Trinajstić information content (AvgIpc) is 3.26. The number of benzene rings is 1. The minimum Gasteiger partial charge on any atom is -0.328 e. The van der Waals surface area contributed by atoms with Crippen LogP contribution in [0.15, 0.2) is 41.3 Å². The van der Waals surface area contributed by atoms with Gasteiger partial charge in [-0.2, -0.15) is 4.98 Å². The summed E-state index contributed by atoms with van der Waals surface area (Å²) < 4.78 is 1.49. The SMILES string of the molecule is CCN(C(C)Cc1ccc(-n2ccc(NC(=O)N3CCNCC3)nc2=O)cc1)C1CCC(N)C1. The molecule has 1 aromatic carbocycles. The number of nitrogens with two attached hydrogens (primary N) is 1. The number of likely N-dealkylation sites (N-methyl/N-ethyl adjacent to an activating group) is 1. The van der Waals surface area contributed by atoms with Crippen molar-refractivity contribution >= 4 is 11.8 Å². The zero-order valence-corrected chi connectivity index (χ0v) is 20.2. The highest BCUT2D eigenvalue weighted by Crippen LogP contribution is 2.25. The van der Waals surface area contributed by atoms with Crippen molar-refractivity contribution in [2.45, 2.75) is 57.7 Å². The topological polar surface area (TPSA) is 109 Å². The number of rotatable bonds is 7. The summed E-state index contributed by atoms with van der Waals surface area (Å²) in [7, 11) is 0. The second-order valence-corrected chi connectivity index (χ2v) is 9.41. The van der Waals surface area contributed by atoms with Crippen LogP contribution in [0, 0.1) is 0 Å². The average molecular weight is 468 g/mol. The lowest BCUT2D eigenvalue weighted by Crippen LogP contribution is -2.48. The van der Waals surface area contributed by atoms with Gasteiger partial charge in [0.15, 0.2) is 0 Å². The van der Waals surface area contributed by atoms with Crippen molar-refractivity contribution in [3.63, 3.8) is 0 Å². The number of carbonyl (C=O) groups excluding carboxylic acids is 1. The molecule has 34 heavy (non-hydrogen) atoms. The van der Waals surface area contributed by atoms with Crippen LogP contribution >= 0.6 is 0 Å². The Morgan fingerprint density at radius 3 is 2.59 bits per heavy atom. The molecule has 2 aliphatic rings. The van der Waals surface area contributed by atoms with Crippen molar-refractivity contribution in [3.8, 4) is 5.69 Å². The predicted octanol–water partition coefficient (Wildman–Crippen LogP) is 1.80. The molecule has 1 saturated heterocycles. The van der Waals surface area contributed by atoms with Crippen molar-refractivity contribution in [2.75, 3.05) is 38.0 Å². The van der Waals surface area contributed by atoms with Crippen LogP contribution in [-0.2, 0) is 6.42 Å². The maximum Gasteiger partial charge on any atom is 0.354 e. The van der Waals surface area contributed by atoms with Crippen molar-refractivity contribution in [1.82, 2.24) is 24.7 Å². The molecule has 1 saturated carbocycles. The molecule has 1 aliphatic heterocycles. The zero-order chi connectivity index (χ0) is 24.1. The summed E-state index contributed by atoms with van der Waals surface area (Å²) in [6.45, 7) is 8.33. The fourth-order valence-electron chi connectivity index (χ4n) is 5.20. The van der Waals surface area contributed by atoms with Gasteiger partial charge >= 0.3 is 11.7 Å². The number of hydrogen-bond donors (Lipinski definition) is 3. The number of anilines is 1. The molecule has 0 bridgehead atoms. The molecule has 2 heterocycles. The number of hydrogen-bond acceptors (Lipinski definition) is 6. The van der Waals surface area contributed by atoms with Gasteiger partial charge < -0.3 is 16.0 Å². The van der Waals surface area contributed by atoms with Crippen LogP contribution < -0.4 is 22.1 Å². The van der Waals surface area contributed by atoms with Gasteiger partial charge in [0.25, 0.3) is 0 Å². The maximum absolute atomic E-state index is 12.6. The second kappa shape index (κ2) is 11.1. The zero-order valence-electron chi connectivity index (χ0n) is 20.2. The van der Waals surface area contributed by atoms with Crippen molar-refractivity contribution in [2.24, 2.45) is 5.73 Å². The molecule has 3 unspecified atom stereocenters. The number of amides is 2. The Hall–Kier alpha value is -2.75. The van der Waals surface area contributed by atoms with E-state index in [0.717, 1.165) is 44.6 Å². The van der Waals surface area contributed by atoms with Crippen LogP contribution in [0.5, 0.6) is 0 Å². The molecule has 2 fully saturated rings. The standard InChI is InChI=1S/C25H37N7O2/c1-3-31(22-9-6-20(26)17-22)18(2)16-19-4-7-21(8-5-19)32-13-10-23(29-25(32)34)28-24(33)30-14-11-27-12-15-30/h4-5,7-8,10,13,18,20,22,27H,3,6,9,11-12,14-17,26H2,1-2H3,(H,28,29,33,34). The Labute approximate surface area is 201 Å². The highest BCUT2D eigenvalue weighted by atomic mass is 16.2. The molecule has 0 radical (unpaired) electrons. The van der Waals surface area contributed by atoms with Crippen molar-refractivity contribution < 1.29 is 4.79 Å². The van der Waals surface area contributed by atoms with E-state index in [1.807, 2.05) is 12.1 Å². The molecular formula is C25H37N7O2. The first-order valence-corrected chi connectivity index (χ1v) is 12.4. The molecule has 9 heteroatoms. The van der Waals surface area contributed by atoms with Crippen LogP contribution in [0.1, 0.15) is 38.7 Å². The molecule has 1 aromatic heterocycles. The van der Waals surface area contributed by atoms with E-state index in [1.165, 1.54) is 16.6 Å². The molecule has 1 aliphatic carbocycles. The molecule has 9 nitrogen and oxygen atoms in total. The lowest BCUT2D eigenvalue weighted by molar-refractivity contribution is 0.152. The minimum atomic E-state index is -0.422. The Kier molecular flexibility index (Phi) is 7.97. The van der Waals surface area contributed by atoms with Gasteiger partial charge in [-0.05, 0) is 62.9 Å². The second-order valence-electron chi connectivity index (χ2n) is 9.41. The van der Waals surface area contributed by atoms with Crippen LogP contribution in [0.3, 0.4) is 0 Å².